The highest BCUT2D eigenvalue weighted by molar-refractivity contribution is 5.68. The second kappa shape index (κ2) is 5.26. The van der Waals surface area contributed by atoms with Crippen LogP contribution in [0.1, 0.15) is 30.5 Å². The van der Waals surface area contributed by atoms with E-state index >= 15 is 0 Å². The maximum atomic E-state index is 13.3. The van der Waals surface area contributed by atoms with Crippen LogP contribution in [0.4, 0.5) is 4.39 Å². The van der Waals surface area contributed by atoms with Crippen molar-refractivity contribution in [1.29, 1.82) is 0 Å². The molecule has 1 aromatic carbocycles. The van der Waals surface area contributed by atoms with Gasteiger partial charge >= 0.3 is 0 Å². The van der Waals surface area contributed by atoms with E-state index in [0.717, 1.165) is 22.3 Å². The molecule has 1 aromatic rings. The van der Waals surface area contributed by atoms with E-state index < -0.39 is 0 Å². The van der Waals surface area contributed by atoms with Gasteiger partial charge in [-0.25, -0.2) is 4.39 Å². The van der Waals surface area contributed by atoms with Gasteiger partial charge in [-0.2, -0.15) is 0 Å². The summed E-state index contributed by atoms with van der Waals surface area (Å²) in [5.74, 6) is -0.191. The molecule has 0 unspecified atom stereocenters. The van der Waals surface area contributed by atoms with E-state index in [9.17, 15) is 4.39 Å². The summed E-state index contributed by atoms with van der Waals surface area (Å²) in [6.45, 7) is 12.8. The van der Waals surface area contributed by atoms with Gasteiger partial charge in [-0.15, -0.1) is 0 Å². The molecule has 16 heavy (non-hydrogen) atoms. The van der Waals surface area contributed by atoms with E-state index in [0.29, 0.717) is 12.6 Å². The predicted molar refractivity (Wildman–Crippen MR) is 68.0 cm³/mol. The molecule has 0 amide bonds. The first kappa shape index (κ1) is 12.9. The minimum absolute atomic E-state index is 0.191. The molecule has 0 aliphatic carbocycles. The zero-order valence-electron chi connectivity index (χ0n) is 10.5. The van der Waals surface area contributed by atoms with E-state index in [2.05, 4.69) is 25.7 Å². The fourth-order valence-electron chi connectivity index (χ4n) is 1.61. The average molecular weight is 221 g/mol. The van der Waals surface area contributed by atoms with Crippen LogP contribution in [0.15, 0.2) is 18.7 Å². The first-order chi connectivity index (χ1) is 7.41. The number of rotatable bonds is 4. The Morgan fingerprint density at radius 2 is 2.00 bits per heavy atom. The molecule has 0 bridgehead atoms. The zero-order valence-corrected chi connectivity index (χ0v) is 10.5. The van der Waals surface area contributed by atoms with Gasteiger partial charge in [0.05, 0.1) is 0 Å². The van der Waals surface area contributed by atoms with Crippen molar-refractivity contribution in [3.8, 4) is 0 Å². The second-order valence-electron chi connectivity index (χ2n) is 4.53. The average Bonchev–Trinajstić information content (AvgIpc) is 2.19. The SMILES string of the molecule is C=C(CNC(C)C)c1cc(F)cc(C)c1C. The lowest BCUT2D eigenvalue weighted by Crippen LogP contribution is -2.24. The summed E-state index contributed by atoms with van der Waals surface area (Å²) >= 11 is 0. The number of halogens is 1. The van der Waals surface area contributed by atoms with Crippen LogP contribution in [0.3, 0.4) is 0 Å². The Balaban J connectivity index is 2.91. The molecular formula is C14H20FN. The van der Waals surface area contributed by atoms with Crippen molar-refractivity contribution in [3.63, 3.8) is 0 Å². The molecule has 1 rings (SSSR count). The van der Waals surface area contributed by atoms with Crippen molar-refractivity contribution >= 4 is 5.57 Å². The van der Waals surface area contributed by atoms with Gasteiger partial charge in [-0.3, -0.25) is 0 Å². The number of nitrogens with one attached hydrogen (secondary N) is 1. The molecule has 1 N–H and O–H groups in total. The summed E-state index contributed by atoms with van der Waals surface area (Å²) in [4.78, 5) is 0. The molecular weight excluding hydrogens is 201 g/mol. The minimum Gasteiger partial charge on any atom is -0.310 e. The largest absolute Gasteiger partial charge is 0.310 e. The summed E-state index contributed by atoms with van der Waals surface area (Å²) in [5, 5.41) is 3.29. The van der Waals surface area contributed by atoms with Crippen LogP contribution < -0.4 is 5.32 Å². The second-order valence-corrected chi connectivity index (χ2v) is 4.53. The lowest BCUT2D eigenvalue weighted by molar-refractivity contribution is 0.623. The van der Waals surface area contributed by atoms with Gasteiger partial charge in [0, 0.05) is 12.6 Å². The van der Waals surface area contributed by atoms with Gasteiger partial charge in [0.15, 0.2) is 0 Å². The van der Waals surface area contributed by atoms with Crippen molar-refractivity contribution in [2.45, 2.75) is 33.7 Å². The lowest BCUT2D eigenvalue weighted by Gasteiger charge is -2.14. The summed E-state index contributed by atoms with van der Waals surface area (Å²) in [5.41, 5.74) is 3.94. The third-order valence-corrected chi connectivity index (χ3v) is 2.74. The topological polar surface area (TPSA) is 12.0 Å². The Kier molecular flexibility index (Phi) is 4.25. The maximum Gasteiger partial charge on any atom is 0.124 e. The van der Waals surface area contributed by atoms with Crippen LogP contribution >= 0.6 is 0 Å². The number of hydrogen-bond acceptors (Lipinski definition) is 1. The van der Waals surface area contributed by atoms with Crippen LogP contribution in [0.2, 0.25) is 0 Å². The van der Waals surface area contributed by atoms with E-state index in [-0.39, 0.29) is 5.82 Å². The Morgan fingerprint density at radius 3 is 2.56 bits per heavy atom. The first-order valence-corrected chi connectivity index (χ1v) is 5.60. The van der Waals surface area contributed by atoms with Crippen LogP contribution in [0, 0.1) is 19.7 Å². The highest BCUT2D eigenvalue weighted by atomic mass is 19.1. The molecule has 0 saturated carbocycles. The molecule has 1 nitrogen and oxygen atoms in total. The zero-order chi connectivity index (χ0) is 12.3. The van der Waals surface area contributed by atoms with Crippen molar-refractivity contribution < 1.29 is 4.39 Å². The Bertz CT molecular complexity index is 394. The minimum atomic E-state index is -0.191. The van der Waals surface area contributed by atoms with E-state index in [4.69, 9.17) is 0 Å². The molecule has 0 heterocycles. The molecule has 0 aliphatic rings. The van der Waals surface area contributed by atoms with Gasteiger partial charge in [0.1, 0.15) is 5.82 Å². The number of aryl methyl sites for hydroxylation is 1. The molecule has 88 valence electrons. The molecule has 0 spiro atoms. The highest BCUT2D eigenvalue weighted by Crippen LogP contribution is 2.21. The molecule has 0 aliphatic heterocycles. The standard InChI is InChI=1S/C14H20FN/c1-9(2)16-8-11(4)14-7-13(15)6-10(3)12(14)5/h6-7,9,16H,4,8H2,1-3,5H3. The van der Waals surface area contributed by atoms with Gasteiger partial charge in [-0.1, -0.05) is 20.4 Å². The van der Waals surface area contributed by atoms with E-state index in [1.54, 1.807) is 12.1 Å². The van der Waals surface area contributed by atoms with Crippen LogP contribution in [0.25, 0.3) is 5.57 Å². The Hall–Kier alpha value is -1.15. The molecule has 0 radical (unpaired) electrons. The predicted octanol–water partition coefficient (Wildman–Crippen LogP) is 3.45. The van der Waals surface area contributed by atoms with Gasteiger partial charge in [0.25, 0.3) is 0 Å². The monoisotopic (exact) mass is 221 g/mol. The quantitative estimate of drug-likeness (QED) is 0.821. The summed E-state index contributed by atoms with van der Waals surface area (Å²) in [7, 11) is 0. The molecule has 0 saturated heterocycles. The third-order valence-electron chi connectivity index (χ3n) is 2.74. The summed E-state index contributed by atoms with van der Waals surface area (Å²) in [6, 6.07) is 3.53. The van der Waals surface area contributed by atoms with E-state index in [1.165, 1.54) is 0 Å². The lowest BCUT2D eigenvalue weighted by atomic mass is 9.97. The maximum absolute atomic E-state index is 13.3. The highest BCUT2D eigenvalue weighted by Gasteiger charge is 2.07. The fraction of sp³-hybridized carbons (Fsp3) is 0.429. The van der Waals surface area contributed by atoms with Crippen molar-refractivity contribution in [2.24, 2.45) is 0 Å². The smallest absolute Gasteiger partial charge is 0.124 e. The molecule has 2 heteroatoms. The van der Waals surface area contributed by atoms with Crippen LogP contribution in [-0.4, -0.2) is 12.6 Å². The number of hydrogen-bond donors (Lipinski definition) is 1. The van der Waals surface area contributed by atoms with Gasteiger partial charge in [-0.05, 0) is 48.2 Å². The molecule has 0 fully saturated rings. The Labute approximate surface area is 97.4 Å². The Morgan fingerprint density at radius 1 is 1.38 bits per heavy atom. The van der Waals surface area contributed by atoms with Gasteiger partial charge in [0.2, 0.25) is 0 Å². The van der Waals surface area contributed by atoms with Crippen LogP contribution in [0.5, 0.6) is 0 Å². The first-order valence-electron chi connectivity index (χ1n) is 5.60. The molecule has 0 atom stereocenters. The summed E-state index contributed by atoms with van der Waals surface area (Å²) < 4.78 is 13.3. The summed E-state index contributed by atoms with van der Waals surface area (Å²) in [6.07, 6.45) is 0. The number of benzene rings is 1. The van der Waals surface area contributed by atoms with Crippen molar-refractivity contribution in [1.82, 2.24) is 5.32 Å². The normalized spacial score (nSPS) is 10.9. The van der Waals surface area contributed by atoms with Crippen LogP contribution in [-0.2, 0) is 0 Å². The van der Waals surface area contributed by atoms with Crippen molar-refractivity contribution in [3.05, 3.63) is 41.2 Å². The fourth-order valence-corrected chi connectivity index (χ4v) is 1.61. The van der Waals surface area contributed by atoms with Crippen molar-refractivity contribution in [2.75, 3.05) is 6.54 Å². The van der Waals surface area contributed by atoms with Gasteiger partial charge < -0.3 is 5.32 Å². The third kappa shape index (κ3) is 3.17. The van der Waals surface area contributed by atoms with E-state index in [1.807, 2.05) is 13.8 Å². The molecule has 0 aromatic heterocycles.